The summed E-state index contributed by atoms with van der Waals surface area (Å²) in [5.41, 5.74) is -0.0355. The number of carbonyl (C=O) groups excluding carboxylic acids is 1. The van der Waals surface area contributed by atoms with Crippen LogP contribution in [0.25, 0.3) is 0 Å². The second-order valence-electron chi connectivity index (χ2n) is 7.79. The zero-order valence-electron chi connectivity index (χ0n) is 15.2. The number of ether oxygens (including phenoxy) is 1. The third-order valence-electron chi connectivity index (χ3n) is 6.22. The van der Waals surface area contributed by atoms with Gasteiger partial charge in [-0.15, -0.1) is 0 Å². The highest BCUT2D eigenvalue weighted by atomic mass is 16.5. The molecular weight excluding hydrogens is 318 g/mol. The van der Waals surface area contributed by atoms with Gasteiger partial charge in [-0.3, -0.25) is 9.69 Å². The second kappa shape index (κ2) is 7.09. The van der Waals surface area contributed by atoms with E-state index in [1.807, 2.05) is 4.90 Å². The van der Waals surface area contributed by atoms with Crippen molar-refractivity contribution >= 4 is 5.91 Å². The van der Waals surface area contributed by atoms with Gasteiger partial charge in [-0.05, 0) is 44.9 Å². The van der Waals surface area contributed by atoms with Crippen LogP contribution < -0.4 is 0 Å². The van der Waals surface area contributed by atoms with Gasteiger partial charge in [-0.2, -0.15) is 0 Å². The Morgan fingerprint density at radius 3 is 2.60 bits per heavy atom. The van der Waals surface area contributed by atoms with Crippen LogP contribution in [0.2, 0.25) is 0 Å². The van der Waals surface area contributed by atoms with Crippen LogP contribution in [0.15, 0.2) is 22.8 Å². The monoisotopic (exact) mass is 347 g/mol. The summed E-state index contributed by atoms with van der Waals surface area (Å²) in [6.45, 7) is 7.03. The van der Waals surface area contributed by atoms with Crippen molar-refractivity contribution in [3.8, 4) is 0 Å². The zero-order valence-corrected chi connectivity index (χ0v) is 15.2. The molecule has 4 rings (SSSR count). The van der Waals surface area contributed by atoms with Crippen LogP contribution in [0.1, 0.15) is 36.2 Å². The summed E-state index contributed by atoms with van der Waals surface area (Å²) in [5.74, 6) is 0.446. The Hall–Kier alpha value is -1.37. The molecule has 3 aliphatic rings. The lowest BCUT2D eigenvalue weighted by molar-refractivity contribution is -0.132. The van der Waals surface area contributed by atoms with Crippen molar-refractivity contribution in [1.29, 1.82) is 0 Å². The molecule has 1 atom stereocenters. The van der Waals surface area contributed by atoms with E-state index in [-0.39, 0.29) is 11.5 Å². The minimum Gasteiger partial charge on any atom is -0.459 e. The van der Waals surface area contributed by atoms with E-state index in [1.54, 1.807) is 18.4 Å². The molecule has 1 aromatic heterocycles. The highest BCUT2D eigenvalue weighted by molar-refractivity contribution is 5.91. The third-order valence-corrected chi connectivity index (χ3v) is 6.22. The number of piperidine rings is 1. The SMILES string of the molecule is CN1CCN(C2CCOC3(CCN(C(=O)c4ccco4)CC3)C2)CC1. The molecule has 0 bridgehead atoms. The van der Waals surface area contributed by atoms with Gasteiger partial charge in [0.15, 0.2) is 5.76 Å². The molecule has 0 N–H and O–H groups in total. The fourth-order valence-corrected chi connectivity index (χ4v) is 4.52. The van der Waals surface area contributed by atoms with Crippen LogP contribution in [-0.4, -0.2) is 85.2 Å². The molecule has 0 saturated carbocycles. The first kappa shape index (κ1) is 17.1. The molecule has 3 aliphatic heterocycles. The first-order chi connectivity index (χ1) is 12.2. The molecule has 6 heteroatoms. The summed E-state index contributed by atoms with van der Waals surface area (Å²) >= 11 is 0. The van der Waals surface area contributed by atoms with Crippen LogP contribution >= 0.6 is 0 Å². The number of hydrogen-bond donors (Lipinski definition) is 0. The maximum atomic E-state index is 12.5. The van der Waals surface area contributed by atoms with Gasteiger partial charge >= 0.3 is 0 Å². The maximum Gasteiger partial charge on any atom is 0.289 e. The highest BCUT2D eigenvalue weighted by Crippen LogP contribution is 2.37. The van der Waals surface area contributed by atoms with Crippen molar-refractivity contribution in [3.05, 3.63) is 24.2 Å². The molecule has 4 heterocycles. The molecule has 0 aliphatic carbocycles. The molecule has 1 unspecified atom stereocenters. The quantitative estimate of drug-likeness (QED) is 0.815. The topological polar surface area (TPSA) is 49.2 Å². The van der Waals surface area contributed by atoms with Crippen LogP contribution in [0.4, 0.5) is 0 Å². The van der Waals surface area contributed by atoms with Crippen molar-refractivity contribution < 1.29 is 13.9 Å². The Morgan fingerprint density at radius 2 is 1.92 bits per heavy atom. The van der Waals surface area contributed by atoms with Gasteiger partial charge in [0.05, 0.1) is 11.9 Å². The third kappa shape index (κ3) is 3.61. The first-order valence-corrected chi connectivity index (χ1v) is 9.55. The van der Waals surface area contributed by atoms with E-state index in [0.29, 0.717) is 11.8 Å². The number of carbonyl (C=O) groups is 1. The average Bonchev–Trinajstić information content (AvgIpc) is 3.17. The lowest BCUT2D eigenvalue weighted by atomic mass is 9.81. The van der Waals surface area contributed by atoms with Gasteiger partial charge in [0, 0.05) is 51.9 Å². The Morgan fingerprint density at radius 1 is 1.16 bits per heavy atom. The Balaban J connectivity index is 1.34. The van der Waals surface area contributed by atoms with Gasteiger partial charge in [0.1, 0.15) is 0 Å². The molecule has 138 valence electrons. The van der Waals surface area contributed by atoms with Crippen molar-refractivity contribution in [2.24, 2.45) is 0 Å². The average molecular weight is 347 g/mol. The number of likely N-dealkylation sites (tertiary alicyclic amines) is 1. The van der Waals surface area contributed by atoms with E-state index >= 15 is 0 Å². The van der Waals surface area contributed by atoms with E-state index < -0.39 is 0 Å². The van der Waals surface area contributed by atoms with Crippen molar-refractivity contribution in [2.75, 3.05) is 52.9 Å². The minimum atomic E-state index is -0.0355. The van der Waals surface area contributed by atoms with Crippen LogP contribution in [0.3, 0.4) is 0 Å². The Kier molecular flexibility index (Phi) is 4.84. The molecular formula is C19H29N3O3. The molecule has 6 nitrogen and oxygen atoms in total. The molecule has 0 aromatic carbocycles. The van der Waals surface area contributed by atoms with Crippen LogP contribution in [-0.2, 0) is 4.74 Å². The van der Waals surface area contributed by atoms with Gasteiger partial charge in [-0.25, -0.2) is 0 Å². The number of nitrogens with zero attached hydrogens (tertiary/aromatic N) is 3. The van der Waals surface area contributed by atoms with Crippen LogP contribution in [0, 0.1) is 0 Å². The first-order valence-electron chi connectivity index (χ1n) is 9.55. The summed E-state index contributed by atoms with van der Waals surface area (Å²) in [7, 11) is 2.20. The van der Waals surface area contributed by atoms with E-state index in [1.165, 1.54) is 13.1 Å². The lowest BCUT2D eigenvalue weighted by Crippen LogP contribution is -2.57. The van der Waals surface area contributed by atoms with Gasteiger partial charge in [0.2, 0.25) is 0 Å². The van der Waals surface area contributed by atoms with E-state index in [4.69, 9.17) is 9.15 Å². The van der Waals surface area contributed by atoms with E-state index in [9.17, 15) is 4.79 Å². The maximum absolute atomic E-state index is 12.5. The predicted octanol–water partition coefficient (Wildman–Crippen LogP) is 1.68. The zero-order chi connectivity index (χ0) is 17.3. The summed E-state index contributed by atoms with van der Waals surface area (Å²) in [6.07, 6.45) is 5.68. The second-order valence-corrected chi connectivity index (χ2v) is 7.79. The summed E-state index contributed by atoms with van der Waals surface area (Å²) in [6, 6.07) is 4.14. The molecule has 1 amide bonds. The molecule has 1 aromatic rings. The summed E-state index contributed by atoms with van der Waals surface area (Å²) in [4.78, 5) is 19.4. The van der Waals surface area contributed by atoms with Gasteiger partial charge in [-0.1, -0.05) is 0 Å². The Labute approximate surface area is 149 Å². The lowest BCUT2D eigenvalue weighted by Gasteiger charge is -2.49. The van der Waals surface area contributed by atoms with Gasteiger partial charge in [0.25, 0.3) is 5.91 Å². The predicted molar refractivity (Wildman–Crippen MR) is 94.6 cm³/mol. The molecule has 1 spiro atoms. The minimum absolute atomic E-state index is 0.00581. The summed E-state index contributed by atoms with van der Waals surface area (Å²) < 4.78 is 11.5. The number of hydrogen-bond acceptors (Lipinski definition) is 5. The molecule has 25 heavy (non-hydrogen) atoms. The number of rotatable bonds is 2. The highest BCUT2D eigenvalue weighted by Gasteiger charge is 2.43. The van der Waals surface area contributed by atoms with E-state index in [2.05, 4.69) is 16.8 Å². The molecule has 0 radical (unpaired) electrons. The van der Waals surface area contributed by atoms with Crippen molar-refractivity contribution in [3.63, 3.8) is 0 Å². The normalized spacial score (nSPS) is 28.4. The fourth-order valence-electron chi connectivity index (χ4n) is 4.52. The smallest absolute Gasteiger partial charge is 0.289 e. The van der Waals surface area contributed by atoms with Gasteiger partial charge < -0.3 is 19.0 Å². The van der Waals surface area contributed by atoms with E-state index in [0.717, 1.165) is 58.5 Å². The standard InChI is InChI=1S/C19H29N3O3/c1-20-9-11-21(12-10-20)16-4-14-25-19(15-16)5-7-22(8-6-19)18(23)17-3-2-13-24-17/h2-3,13,16H,4-12,14-15H2,1H3. The molecule has 3 fully saturated rings. The number of furan rings is 1. The number of piperazine rings is 1. The molecule has 3 saturated heterocycles. The fraction of sp³-hybridized carbons (Fsp3) is 0.737. The van der Waals surface area contributed by atoms with Crippen molar-refractivity contribution in [2.45, 2.75) is 37.3 Å². The summed E-state index contributed by atoms with van der Waals surface area (Å²) in [5, 5.41) is 0. The van der Waals surface area contributed by atoms with Crippen LogP contribution in [0.5, 0.6) is 0 Å². The Bertz CT molecular complexity index is 573. The van der Waals surface area contributed by atoms with Crippen molar-refractivity contribution in [1.82, 2.24) is 14.7 Å². The largest absolute Gasteiger partial charge is 0.459 e. The number of likely N-dealkylation sites (N-methyl/N-ethyl adjacent to an activating group) is 1. The number of amides is 1.